The molecule has 0 unspecified atom stereocenters. The summed E-state index contributed by atoms with van der Waals surface area (Å²) in [5.74, 6) is -0.942. The third kappa shape index (κ3) is 2.46. The van der Waals surface area contributed by atoms with Gasteiger partial charge in [-0.1, -0.05) is 24.3 Å². The van der Waals surface area contributed by atoms with Crippen molar-refractivity contribution in [3.63, 3.8) is 0 Å². The lowest BCUT2D eigenvalue weighted by atomic mass is 9.83. The van der Waals surface area contributed by atoms with Gasteiger partial charge >= 0.3 is 0 Å². The van der Waals surface area contributed by atoms with E-state index >= 15 is 0 Å². The maximum Gasteiger partial charge on any atom is 0.249 e. The van der Waals surface area contributed by atoms with Crippen LogP contribution in [0.5, 0.6) is 0 Å². The topological polar surface area (TPSA) is 97.5 Å². The number of rotatable bonds is 4. The zero-order valence-electron chi connectivity index (χ0n) is 12.0. The number of thioether (sulfide) groups is 1. The van der Waals surface area contributed by atoms with Gasteiger partial charge in [0, 0.05) is 32.9 Å². The second-order valence-electron chi connectivity index (χ2n) is 5.00. The Balaban J connectivity index is 2.27. The molecule has 0 atom stereocenters. The van der Waals surface area contributed by atoms with Crippen LogP contribution >= 0.6 is 11.8 Å². The van der Waals surface area contributed by atoms with E-state index in [1.54, 1.807) is 24.3 Å². The lowest BCUT2D eigenvalue weighted by Crippen LogP contribution is -2.24. The highest BCUT2D eigenvalue weighted by Crippen LogP contribution is 2.36. The number of hydrogen-bond acceptors (Lipinski definition) is 5. The first-order chi connectivity index (χ1) is 11.1. The van der Waals surface area contributed by atoms with E-state index in [1.807, 2.05) is 0 Å². The number of hydrogen-bond donors (Lipinski definition) is 2. The van der Waals surface area contributed by atoms with Crippen LogP contribution in [-0.2, 0) is 0 Å². The van der Waals surface area contributed by atoms with E-state index in [4.69, 9.17) is 10.8 Å². The molecule has 2 aromatic rings. The van der Waals surface area contributed by atoms with Crippen LogP contribution in [0.1, 0.15) is 42.2 Å². The summed E-state index contributed by atoms with van der Waals surface area (Å²) < 4.78 is 0. The van der Waals surface area contributed by atoms with Crippen LogP contribution in [-0.4, -0.2) is 34.9 Å². The molecule has 3 rings (SSSR count). The van der Waals surface area contributed by atoms with Crippen molar-refractivity contribution in [2.75, 3.05) is 12.4 Å². The zero-order valence-corrected chi connectivity index (χ0v) is 12.9. The lowest BCUT2D eigenvalue weighted by Gasteiger charge is -2.21. The van der Waals surface area contributed by atoms with Gasteiger partial charge in [0.25, 0.3) is 0 Å². The number of amides is 1. The number of aliphatic hydroxyl groups excluding tert-OH is 1. The standard InChI is InChI=1S/C17H13NO4S/c18-17(22)12-6-5-11-13(16(12)23-8-7-19)15(21)10-4-2-1-3-9(10)14(11)20/h1-6,19H,7-8H2,(H2,18,22). The average molecular weight is 327 g/mol. The van der Waals surface area contributed by atoms with Gasteiger partial charge in [-0.2, -0.15) is 0 Å². The van der Waals surface area contributed by atoms with E-state index in [0.717, 1.165) is 11.8 Å². The summed E-state index contributed by atoms with van der Waals surface area (Å²) >= 11 is 1.15. The average Bonchev–Trinajstić information content (AvgIpc) is 2.56. The molecule has 0 heterocycles. The highest BCUT2D eigenvalue weighted by Gasteiger charge is 2.33. The number of aliphatic hydroxyl groups is 1. The van der Waals surface area contributed by atoms with E-state index in [9.17, 15) is 14.4 Å². The van der Waals surface area contributed by atoms with Crippen molar-refractivity contribution in [2.45, 2.75) is 4.90 Å². The Morgan fingerprint density at radius 2 is 1.65 bits per heavy atom. The van der Waals surface area contributed by atoms with E-state index in [2.05, 4.69) is 0 Å². The molecule has 0 saturated heterocycles. The number of carbonyl (C=O) groups is 3. The number of nitrogens with two attached hydrogens (primary N) is 1. The number of ketones is 2. The SMILES string of the molecule is NC(=O)c1ccc2c(c1SCCO)C(=O)c1ccccc1C2=O. The number of fused-ring (bicyclic) bond motifs is 2. The van der Waals surface area contributed by atoms with Gasteiger partial charge in [0.1, 0.15) is 0 Å². The monoisotopic (exact) mass is 327 g/mol. The Morgan fingerprint density at radius 1 is 1.00 bits per heavy atom. The predicted octanol–water partition coefficient (Wildman–Crippen LogP) is 1.65. The van der Waals surface area contributed by atoms with Crippen LogP contribution in [0.4, 0.5) is 0 Å². The molecule has 6 heteroatoms. The molecule has 1 aliphatic carbocycles. The minimum atomic E-state index is -0.674. The normalized spacial score (nSPS) is 12.7. The summed E-state index contributed by atoms with van der Waals surface area (Å²) in [4.78, 5) is 37.5. The second kappa shape index (κ2) is 5.98. The van der Waals surface area contributed by atoms with Crippen LogP contribution < -0.4 is 5.73 Å². The Morgan fingerprint density at radius 3 is 2.26 bits per heavy atom. The Hall–Kier alpha value is -2.44. The molecule has 116 valence electrons. The quantitative estimate of drug-likeness (QED) is 0.710. The van der Waals surface area contributed by atoms with Gasteiger partial charge in [0.15, 0.2) is 11.6 Å². The van der Waals surface area contributed by atoms with Crippen molar-refractivity contribution in [2.24, 2.45) is 5.73 Å². The Bertz CT molecular complexity index is 844. The van der Waals surface area contributed by atoms with Crippen LogP contribution in [0.15, 0.2) is 41.3 Å². The molecule has 1 aliphatic rings. The Kier molecular flexibility index (Phi) is 4.02. The third-order valence-electron chi connectivity index (χ3n) is 3.65. The van der Waals surface area contributed by atoms with Crippen molar-refractivity contribution >= 4 is 29.2 Å². The van der Waals surface area contributed by atoms with Crippen molar-refractivity contribution in [1.82, 2.24) is 0 Å². The van der Waals surface area contributed by atoms with Crippen molar-refractivity contribution in [3.8, 4) is 0 Å². The fraction of sp³-hybridized carbons (Fsp3) is 0.118. The van der Waals surface area contributed by atoms with Crippen LogP contribution in [0.25, 0.3) is 0 Å². The lowest BCUT2D eigenvalue weighted by molar-refractivity contribution is 0.0973. The van der Waals surface area contributed by atoms with Crippen LogP contribution in [0.3, 0.4) is 0 Å². The van der Waals surface area contributed by atoms with E-state index in [-0.39, 0.29) is 34.9 Å². The van der Waals surface area contributed by atoms with E-state index < -0.39 is 5.91 Å². The molecule has 2 aromatic carbocycles. The maximum atomic E-state index is 12.8. The summed E-state index contributed by atoms with van der Waals surface area (Å²) in [6.45, 7) is -0.120. The van der Waals surface area contributed by atoms with Crippen molar-refractivity contribution in [1.29, 1.82) is 0 Å². The minimum absolute atomic E-state index is 0.120. The van der Waals surface area contributed by atoms with Gasteiger partial charge < -0.3 is 10.8 Å². The van der Waals surface area contributed by atoms with Gasteiger partial charge in [-0.05, 0) is 12.1 Å². The fourth-order valence-corrected chi connectivity index (χ4v) is 3.61. The van der Waals surface area contributed by atoms with Crippen LogP contribution in [0.2, 0.25) is 0 Å². The second-order valence-corrected chi connectivity index (χ2v) is 6.11. The van der Waals surface area contributed by atoms with Crippen molar-refractivity contribution < 1.29 is 19.5 Å². The van der Waals surface area contributed by atoms with Gasteiger partial charge in [0.2, 0.25) is 5.91 Å². The van der Waals surface area contributed by atoms with Gasteiger partial charge in [0.05, 0.1) is 12.2 Å². The number of benzene rings is 2. The maximum absolute atomic E-state index is 12.8. The first kappa shape index (κ1) is 15.5. The molecule has 0 spiro atoms. The molecule has 0 fully saturated rings. The molecular formula is C17H13NO4S. The predicted molar refractivity (Wildman–Crippen MR) is 86.1 cm³/mol. The molecular weight excluding hydrogens is 314 g/mol. The Labute approximate surface area is 136 Å². The molecule has 0 saturated carbocycles. The van der Waals surface area contributed by atoms with E-state index in [0.29, 0.717) is 21.8 Å². The summed E-state index contributed by atoms with van der Waals surface area (Å²) in [7, 11) is 0. The summed E-state index contributed by atoms with van der Waals surface area (Å²) in [6, 6.07) is 9.52. The minimum Gasteiger partial charge on any atom is -0.396 e. The summed E-state index contributed by atoms with van der Waals surface area (Å²) in [5.41, 5.74) is 6.70. The molecule has 0 radical (unpaired) electrons. The zero-order chi connectivity index (χ0) is 16.6. The number of primary amides is 1. The fourth-order valence-electron chi connectivity index (χ4n) is 2.65. The molecule has 0 aliphatic heterocycles. The highest BCUT2D eigenvalue weighted by molar-refractivity contribution is 7.99. The van der Waals surface area contributed by atoms with Gasteiger partial charge in [-0.15, -0.1) is 11.8 Å². The third-order valence-corrected chi connectivity index (χ3v) is 4.75. The van der Waals surface area contributed by atoms with Crippen molar-refractivity contribution in [3.05, 3.63) is 64.2 Å². The molecule has 23 heavy (non-hydrogen) atoms. The molecule has 1 amide bonds. The molecule has 5 nitrogen and oxygen atoms in total. The molecule has 3 N–H and O–H groups in total. The molecule has 0 bridgehead atoms. The smallest absolute Gasteiger partial charge is 0.249 e. The highest BCUT2D eigenvalue weighted by atomic mass is 32.2. The van der Waals surface area contributed by atoms with Gasteiger partial charge in [-0.3, -0.25) is 14.4 Å². The molecule has 0 aromatic heterocycles. The summed E-state index contributed by atoms with van der Waals surface area (Å²) in [6.07, 6.45) is 0. The number of carbonyl (C=O) groups excluding carboxylic acids is 3. The summed E-state index contributed by atoms with van der Waals surface area (Å²) in [5, 5.41) is 9.05. The van der Waals surface area contributed by atoms with Crippen LogP contribution in [0, 0.1) is 0 Å². The first-order valence-electron chi connectivity index (χ1n) is 6.95. The van der Waals surface area contributed by atoms with Gasteiger partial charge in [-0.25, -0.2) is 0 Å². The first-order valence-corrected chi connectivity index (χ1v) is 7.93. The van der Waals surface area contributed by atoms with E-state index in [1.165, 1.54) is 12.1 Å². The largest absolute Gasteiger partial charge is 0.396 e.